The van der Waals surface area contributed by atoms with E-state index in [1.165, 1.54) is 150 Å². The maximum absolute atomic E-state index is 2.42. The van der Waals surface area contributed by atoms with Crippen LogP contribution in [0.25, 0.3) is 68.3 Å². The molecule has 0 N–H and O–H groups in total. The molecule has 0 fully saturated rings. The van der Waals surface area contributed by atoms with Gasteiger partial charge in [0.15, 0.2) is 0 Å². The summed E-state index contributed by atoms with van der Waals surface area (Å²) in [6.45, 7) is 0. The predicted octanol–water partition coefficient (Wildman–Crippen LogP) is 24.0. The molecule has 0 radical (unpaired) electrons. The van der Waals surface area contributed by atoms with Crippen molar-refractivity contribution in [3.63, 3.8) is 0 Å². The van der Waals surface area contributed by atoms with Crippen LogP contribution in [0.2, 0.25) is 0 Å². The molecule has 464 valence electrons. The SMILES string of the molecule is C(=C1c2ccccc2C2(c3ccccc31)c1ccccc1-c1ccccc12)c1ccc(N(c2ccc(C=C3c4ccccc4C4(c5ccccc53)c3ccccc3-c3ccccc34)cc2)c2ccc(C=C3c4ccccc4C4(c5ccccc53)c3ccccc3-c3ccccc34)cc2)cc1. The summed E-state index contributed by atoms with van der Waals surface area (Å²) in [7, 11) is 0. The maximum Gasteiger partial charge on any atom is 0.0725 e. The van der Waals surface area contributed by atoms with Crippen LogP contribution in [-0.2, 0) is 16.2 Å². The van der Waals surface area contributed by atoms with Gasteiger partial charge in [0.25, 0.3) is 0 Å². The molecule has 3 spiro atoms. The Morgan fingerprint density at radius 3 is 0.460 bits per heavy atom. The van der Waals surface area contributed by atoms with Crippen molar-refractivity contribution in [1.29, 1.82) is 0 Å². The van der Waals surface area contributed by atoms with Crippen LogP contribution >= 0.6 is 0 Å². The second-order valence-corrected chi connectivity index (χ2v) is 27.6. The van der Waals surface area contributed by atoms with Gasteiger partial charge in [-0.1, -0.05) is 328 Å². The van der Waals surface area contributed by atoms with Gasteiger partial charge >= 0.3 is 0 Å². The van der Waals surface area contributed by atoms with Gasteiger partial charge in [-0.05, 0) is 222 Å². The summed E-state index contributed by atoms with van der Waals surface area (Å²) in [4.78, 5) is 2.42. The Labute approximate surface area is 583 Å². The number of hydrogen-bond donors (Lipinski definition) is 0. The van der Waals surface area contributed by atoms with E-state index < -0.39 is 16.2 Å². The molecule has 1 nitrogen and oxygen atoms in total. The lowest BCUT2D eigenvalue weighted by Crippen LogP contribution is -2.33. The van der Waals surface area contributed by atoms with Crippen LogP contribution in [0.5, 0.6) is 0 Å². The van der Waals surface area contributed by atoms with Crippen molar-refractivity contribution in [3.05, 3.63) is 481 Å². The van der Waals surface area contributed by atoms with Crippen LogP contribution in [0.15, 0.2) is 364 Å². The second-order valence-electron chi connectivity index (χ2n) is 27.6. The standard InChI is InChI=1S/C99H63N/c1-13-37-85-70(25-1)71-26-2-14-38-86(71)97(85)91-43-19-7-31-76(91)82(77-32-8-20-44-92(77)97)61-64-49-55-67(56-50-64)100(68-57-51-65(52-58-68)62-83-78-33-9-21-45-93(78)98(94-46-22-10-34-79(83)94)87-39-15-3-27-72(87)73-28-4-16-40-88(73)98)69-59-53-66(54-60-69)63-84-80-35-11-23-47-95(80)99(96-48-24-12-36-81(84)96)89-41-17-5-29-74(89)75-30-6-18-42-90(75)99/h1-63H. The summed E-state index contributed by atoms with van der Waals surface area (Å²) < 4.78 is 0. The average Bonchev–Trinajstić information content (AvgIpc) is 1.23. The van der Waals surface area contributed by atoms with Gasteiger partial charge in [-0.25, -0.2) is 0 Å². The zero-order valence-corrected chi connectivity index (χ0v) is 54.8. The van der Waals surface area contributed by atoms with E-state index in [-0.39, 0.29) is 0 Å². The van der Waals surface area contributed by atoms with E-state index in [0.717, 1.165) is 33.8 Å². The number of nitrogens with zero attached hydrogens (tertiary/aromatic N) is 1. The van der Waals surface area contributed by atoms with Crippen molar-refractivity contribution < 1.29 is 0 Å². The Hall–Kier alpha value is -12.7. The number of rotatable bonds is 6. The van der Waals surface area contributed by atoms with Gasteiger partial charge in [0.05, 0.1) is 16.2 Å². The molecule has 100 heavy (non-hydrogen) atoms. The van der Waals surface area contributed by atoms with Gasteiger partial charge in [-0.2, -0.15) is 0 Å². The van der Waals surface area contributed by atoms with Gasteiger partial charge in [0, 0.05) is 17.1 Å². The van der Waals surface area contributed by atoms with E-state index in [0.29, 0.717) is 0 Å². The third kappa shape index (κ3) is 7.66. The third-order valence-electron chi connectivity index (χ3n) is 23.0. The Balaban J connectivity index is 0.689. The van der Waals surface area contributed by atoms with Crippen LogP contribution in [0.1, 0.15) is 117 Å². The lowest BCUT2D eigenvalue weighted by Gasteiger charge is -2.41. The Bertz CT molecular complexity index is 5150. The highest BCUT2D eigenvalue weighted by molar-refractivity contribution is 6.05. The zero-order valence-electron chi connectivity index (χ0n) is 54.8. The van der Waals surface area contributed by atoms with Crippen molar-refractivity contribution in [3.8, 4) is 33.4 Å². The molecule has 6 aliphatic rings. The van der Waals surface area contributed by atoms with E-state index in [2.05, 4.69) is 387 Å². The molecule has 0 heterocycles. The van der Waals surface area contributed by atoms with Gasteiger partial charge < -0.3 is 4.90 Å². The molecule has 0 saturated heterocycles. The van der Waals surface area contributed by atoms with E-state index in [4.69, 9.17) is 0 Å². The Morgan fingerprint density at radius 1 is 0.150 bits per heavy atom. The summed E-state index contributed by atoms with van der Waals surface area (Å²) in [6, 6.07) is 137. The second kappa shape index (κ2) is 21.7. The van der Waals surface area contributed by atoms with E-state index in [1.54, 1.807) is 0 Å². The highest BCUT2D eigenvalue weighted by Crippen LogP contribution is 2.65. The molecule has 0 aliphatic heterocycles. The fourth-order valence-electron chi connectivity index (χ4n) is 19.2. The van der Waals surface area contributed by atoms with Crippen LogP contribution < -0.4 is 4.90 Å². The summed E-state index contributed by atoms with van der Waals surface area (Å²) in [5.41, 5.74) is 40.2. The lowest BCUT2D eigenvalue weighted by molar-refractivity contribution is 0.754. The van der Waals surface area contributed by atoms with Gasteiger partial charge in [0.2, 0.25) is 0 Å². The summed E-state index contributed by atoms with van der Waals surface area (Å²) in [5, 5.41) is 0. The molecule has 0 unspecified atom stereocenters. The molecule has 0 amide bonds. The van der Waals surface area contributed by atoms with Crippen LogP contribution in [0.4, 0.5) is 17.1 Å². The van der Waals surface area contributed by atoms with E-state index in [1.807, 2.05) is 0 Å². The quantitative estimate of drug-likeness (QED) is 0.160. The normalized spacial score (nSPS) is 14.6. The molecule has 1 heteroatoms. The van der Waals surface area contributed by atoms with Gasteiger partial charge in [-0.3, -0.25) is 0 Å². The molecule has 15 aromatic carbocycles. The van der Waals surface area contributed by atoms with Crippen LogP contribution in [0.3, 0.4) is 0 Å². The minimum absolute atomic E-state index is 0.451. The van der Waals surface area contributed by atoms with E-state index in [9.17, 15) is 0 Å². The smallest absolute Gasteiger partial charge is 0.0725 e. The zero-order chi connectivity index (χ0) is 65.7. The molecule has 0 bridgehead atoms. The van der Waals surface area contributed by atoms with Crippen molar-refractivity contribution in [2.75, 3.05) is 4.90 Å². The number of benzene rings is 15. The highest BCUT2D eigenvalue weighted by atomic mass is 15.1. The Morgan fingerprint density at radius 2 is 0.290 bits per heavy atom. The molecular weight excluding hydrogens is 1200 g/mol. The van der Waals surface area contributed by atoms with Crippen molar-refractivity contribution in [2.45, 2.75) is 16.2 Å². The molecule has 0 aromatic heterocycles. The first-order valence-corrected chi connectivity index (χ1v) is 35.0. The monoisotopic (exact) mass is 1270 g/mol. The van der Waals surface area contributed by atoms with E-state index >= 15 is 0 Å². The minimum atomic E-state index is -0.451. The minimum Gasteiger partial charge on any atom is -0.311 e. The number of hydrogen-bond acceptors (Lipinski definition) is 1. The number of fused-ring (bicyclic) bond motifs is 27. The highest BCUT2D eigenvalue weighted by Gasteiger charge is 2.54. The lowest BCUT2D eigenvalue weighted by atomic mass is 9.60. The topological polar surface area (TPSA) is 3.24 Å². The van der Waals surface area contributed by atoms with Crippen molar-refractivity contribution in [1.82, 2.24) is 0 Å². The van der Waals surface area contributed by atoms with Crippen LogP contribution in [-0.4, -0.2) is 0 Å². The summed E-state index contributed by atoms with van der Waals surface area (Å²) in [5.74, 6) is 0. The number of anilines is 3. The van der Waals surface area contributed by atoms with Crippen molar-refractivity contribution >= 4 is 52.0 Å². The predicted molar refractivity (Wildman–Crippen MR) is 413 cm³/mol. The first-order chi connectivity index (χ1) is 49.6. The molecule has 15 aromatic rings. The average molecular weight is 1270 g/mol. The first-order valence-electron chi connectivity index (χ1n) is 35.0. The largest absolute Gasteiger partial charge is 0.311 e. The molecule has 6 aliphatic carbocycles. The third-order valence-corrected chi connectivity index (χ3v) is 23.0. The van der Waals surface area contributed by atoms with Crippen LogP contribution in [0, 0.1) is 0 Å². The van der Waals surface area contributed by atoms with Crippen molar-refractivity contribution in [2.24, 2.45) is 0 Å². The first kappa shape index (κ1) is 56.5. The molecular formula is C99H63N. The van der Waals surface area contributed by atoms with Gasteiger partial charge in [0.1, 0.15) is 0 Å². The summed E-state index contributed by atoms with van der Waals surface area (Å²) in [6.07, 6.45) is 7.24. The summed E-state index contributed by atoms with van der Waals surface area (Å²) >= 11 is 0. The van der Waals surface area contributed by atoms with Gasteiger partial charge in [-0.15, -0.1) is 0 Å². The fraction of sp³-hybridized carbons (Fsp3) is 0.0303. The maximum atomic E-state index is 2.42. The fourth-order valence-corrected chi connectivity index (χ4v) is 19.2. The molecule has 0 atom stereocenters. The molecule has 21 rings (SSSR count). The Kier molecular flexibility index (Phi) is 12.2. The molecule has 0 saturated carbocycles.